The molecule has 0 amide bonds. The van der Waals surface area contributed by atoms with Gasteiger partial charge in [-0.3, -0.25) is 0 Å². The van der Waals surface area contributed by atoms with Crippen LogP contribution in [0.4, 0.5) is 0 Å². The van der Waals surface area contributed by atoms with E-state index in [4.69, 9.17) is 0 Å². The molecule has 82 valence electrons. The molecule has 14 heavy (non-hydrogen) atoms. The third-order valence-corrected chi connectivity index (χ3v) is 2.26. The standard InChI is InChI=1S/C10H22N4/c1-2-4-6-8-10-12-14-13-11-9-7-5-3-1/h3,5,11-14H,1-2,4,6-10H2. The maximum absolute atomic E-state index is 3.10. The van der Waals surface area contributed by atoms with Crippen LogP contribution < -0.4 is 21.9 Å². The normalized spacial score (nSPS) is 22.9. The Morgan fingerprint density at radius 1 is 0.643 bits per heavy atom. The van der Waals surface area contributed by atoms with Gasteiger partial charge in [-0.1, -0.05) is 25.0 Å². The van der Waals surface area contributed by atoms with Gasteiger partial charge in [0.05, 0.1) is 0 Å². The van der Waals surface area contributed by atoms with Crippen molar-refractivity contribution in [2.24, 2.45) is 0 Å². The summed E-state index contributed by atoms with van der Waals surface area (Å²) in [6.45, 7) is 1.97. The van der Waals surface area contributed by atoms with Gasteiger partial charge < -0.3 is 0 Å². The highest BCUT2D eigenvalue weighted by atomic mass is 15.7. The molecule has 0 radical (unpaired) electrons. The van der Waals surface area contributed by atoms with Crippen LogP contribution >= 0.6 is 0 Å². The zero-order valence-corrected chi connectivity index (χ0v) is 8.81. The summed E-state index contributed by atoms with van der Waals surface area (Å²) in [5.74, 6) is 0. The second-order valence-corrected chi connectivity index (χ2v) is 3.57. The maximum atomic E-state index is 3.10. The summed E-state index contributed by atoms with van der Waals surface area (Å²) >= 11 is 0. The van der Waals surface area contributed by atoms with E-state index in [0.717, 1.165) is 19.5 Å². The highest BCUT2D eigenvalue weighted by Crippen LogP contribution is 2.03. The van der Waals surface area contributed by atoms with Crippen LogP contribution in [0.15, 0.2) is 12.2 Å². The van der Waals surface area contributed by atoms with Crippen molar-refractivity contribution in [3.05, 3.63) is 12.2 Å². The minimum atomic E-state index is 0.950. The van der Waals surface area contributed by atoms with E-state index in [2.05, 4.69) is 34.1 Å². The summed E-state index contributed by atoms with van der Waals surface area (Å²) in [4.78, 5) is 0. The molecule has 0 unspecified atom stereocenters. The van der Waals surface area contributed by atoms with Gasteiger partial charge in [0.2, 0.25) is 0 Å². The van der Waals surface area contributed by atoms with E-state index in [-0.39, 0.29) is 0 Å². The topological polar surface area (TPSA) is 48.1 Å². The summed E-state index contributed by atoms with van der Waals surface area (Å²) in [6.07, 6.45) is 12.1. The first kappa shape index (κ1) is 11.7. The lowest BCUT2D eigenvalue weighted by molar-refractivity contribution is 0.367. The number of hydrazine groups is 3. The van der Waals surface area contributed by atoms with E-state index in [9.17, 15) is 0 Å². The van der Waals surface area contributed by atoms with Crippen molar-refractivity contribution in [2.75, 3.05) is 13.1 Å². The minimum absolute atomic E-state index is 0.950. The third-order valence-electron chi connectivity index (χ3n) is 2.26. The molecule has 4 heteroatoms. The van der Waals surface area contributed by atoms with Crippen LogP contribution in [0, 0.1) is 0 Å². The van der Waals surface area contributed by atoms with E-state index in [1.54, 1.807) is 0 Å². The predicted octanol–water partition coefficient (Wildman–Crippen LogP) is 1.00. The average Bonchev–Trinajstić information content (AvgIpc) is 2.22. The molecule has 1 aliphatic rings. The zero-order chi connectivity index (χ0) is 9.90. The third kappa shape index (κ3) is 7.03. The molecule has 4 nitrogen and oxygen atoms in total. The Labute approximate surface area is 86.4 Å². The molecule has 4 N–H and O–H groups in total. The first-order valence-corrected chi connectivity index (χ1v) is 5.61. The molecule has 0 atom stereocenters. The highest BCUT2D eigenvalue weighted by Gasteiger charge is 1.90. The first-order valence-electron chi connectivity index (χ1n) is 5.61. The van der Waals surface area contributed by atoms with Crippen LogP contribution in [0.5, 0.6) is 0 Å². The van der Waals surface area contributed by atoms with Crippen molar-refractivity contribution in [2.45, 2.75) is 38.5 Å². The lowest BCUT2D eigenvalue weighted by Crippen LogP contribution is -2.51. The van der Waals surface area contributed by atoms with Gasteiger partial charge in [0.1, 0.15) is 0 Å². The predicted molar refractivity (Wildman–Crippen MR) is 59.1 cm³/mol. The molecule has 0 saturated heterocycles. The van der Waals surface area contributed by atoms with Crippen molar-refractivity contribution >= 4 is 0 Å². The van der Waals surface area contributed by atoms with Gasteiger partial charge >= 0.3 is 0 Å². The minimum Gasteiger partial charge on any atom is -0.243 e. The number of nitrogens with one attached hydrogen (secondary N) is 4. The van der Waals surface area contributed by atoms with Crippen LogP contribution in [0.3, 0.4) is 0 Å². The molecule has 0 saturated carbocycles. The molecular weight excluding hydrogens is 176 g/mol. The van der Waals surface area contributed by atoms with Crippen LogP contribution in [0.1, 0.15) is 38.5 Å². The van der Waals surface area contributed by atoms with Gasteiger partial charge in [-0.2, -0.15) is 11.1 Å². The molecule has 1 rings (SSSR count). The molecule has 0 aliphatic carbocycles. The van der Waals surface area contributed by atoms with Gasteiger partial charge in [-0.25, -0.2) is 10.9 Å². The summed E-state index contributed by atoms with van der Waals surface area (Å²) in [6, 6.07) is 0. The lowest BCUT2D eigenvalue weighted by Gasteiger charge is -2.09. The summed E-state index contributed by atoms with van der Waals surface area (Å²) in [5, 5.41) is 0. The Hall–Kier alpha value is -0.420. The molecule has 1 heterocycles. The van der Waals surface area contributed by atoms with Crippen LogP contribution in [0.2, 0.25) is 0 Å². The first-order chi connectivity index (χ1) is 7.00. The fraction of sp³-hybridized carbons (Fsp3) is 0.800. The van der Waals surface area contributed by atoms with E-state index in [0.29, 0.717) is 0 Å². The number of hydrogen-bond donors (Lipinski definition) is 4. The Morgan fingerprint density at radius 3 is 2.29 bits per heavy atom. The SMILES string of the molecule is C1=CCCNNNNCCCCCC1. The van der Waals surface area contributed by atoms with E-state index in [1.807, 2.05) is 0 Å². The molecule has 0 aromatic rings. The largest absolute Gasteiger partial charge is 0.243 e. The fourth-order valence-electron chi connectivity index (χ4n) is 1.43. The molecular formula is C10H22N4. The Balaban J connectivity index is 2.09. The molecule has 0 fully saturated rings. The van der Waals surface area contributed by atoms with E-state index < -0.39 is 0 Å². The van der Waals surface area contributed by atoms with Crippen molar-refractivity contribution in [1.29, 1.82) is 0 Å². The van der Waals surface area contributed by atoms with Crippen molar-refractivity contribution in [3.63, 3.8) is 0 Å². The second kappa shape index (κ2) is 9.15. The van der Waals surface area contributed by atoms with Crippen LogP contribution in [0.25, 0.3) is 0 Å². The van der Waals surface area contributed by atoms with Crippen LogP contribution in [-0.2, 0) is 0 Å². The summed E-state index contributed by atoms with van der Waals surface area (Å²) in [7, 11) is 0. The van der Waals surface area contributed by atoms with Crippen molar-refractivity contribution in [3.8, 4) is 0 Å². The van der Waals surface area contributed by atoms with Gasteiger partial charge in [-0.15, -0.1) is 0 Å². The summed E-state index contributed by atoms with van der Waals surface area (Å²) < 4.78 is 0. The smallest absolute Gasteiger partial charge is 0.0148 e. The average molecular weight is 198 g/mol. The van der Waals surface area contributed by atoms with Crippen molar-refractivity contribution < 1.29 is 0 Å². The summed E-state index contributed by atoms with van der Waals surface area (Å²) in [5.41, 5.74) is 12.0. The van der Waals surface area contributed by atoms with E-state index >= 15 is 0 Å². The lowest BCUT2D eigenvalue weighted by atomic mass is 10.1. The zero-order valence-electron chi connectivity index (χ0n) is 8.81. The van der Waals surface area contributed by atoms with Gasteiger partial charge in [0.25, 0.3) is 0 Å². The Kier molecular flexibility index (Phi) is 7.61. The van der Waals surface area contributed by atoms with Crippen LogP contribution in [-0.4, -0.2) is 13.1 Å². The maximum Gasteiger partial charge on any atom is 0.0148 e. The number of allylic oxidation sites excluding steroid dienone is 1. The molecule has 0 bridgehead atoms. The molecule has 0 spiro atoms. The Bertz CT molecular complexity index is 131. The van der Waals surface area contributed by atoms with Gasteiger partial charge in [-0.05, 0) is 25.7 Å². The molecule has 0 aromatic heterocycles. The monoisotopic (exact) mass is 198 g/mol. The van der Waals surface area contributed by atoms with Gasteiger partial charge in [0.15, 0.2) is 0 Å². The highest BCUT2D eigenvalue weighted by molar-refractivity contribution is 4.81. The number of rotatable bonds is 0. The fourth-order valence-corrected chi connectivity index (χ4v) is 1.43. The van der Waals surface area contributed by atoms with E-state index in [1.165, 1.54) is 32.1 Å². The quantitative estimate of drug-likeness (QED) is 0.439. The van der Waals surface area contributed by atoms with Crippen molar-refractivity contribution in [1.82, 2.24) is 21.9 Å². The number of hydrogen-bond acceptors (Lipinski definition) is 4. The molecule has 0 aromatic carbocycles. The van der Waals surface area contributed by atoms with Gasteiger partial charge in [0, 0.05) is 13.1 Å². The second-order valence-electron chi connectivity index (χ2n) is 3.57. The molecule has 1 aliphatic heterocycles. The Morgan fingerprint density at radius 2 is 1.36 bits per heavy atom.